The molecular formula is C20H46O4P2. The van der Waals surface area contributed by atoms with Crippen molar-refractivity contribution >= 4 is 14.7 Å². The Morgan fingerprint density at radius 3 is 1.23 bits per heavy atom. The van der Waals surface area contributed by atoms with Gasteiger partial charge < -0.3 is 0 Å². The van der Waals surface area contributed by atoms with Gasteiger partial charge in [-0.05, 0) is 0 Å². The third-order valence-corrected chi connectivity index (χ3v) is 14.9. The van der Waals surface area contributed by atoms with Crippen LogP contribution in [0.15, 0.2) is 0 Å². The summed E-state index contributed by atoms with van der Waals surface area (Å²) in [6.07, 6.45) is 12.1. The second-order valence-corrected chi connectivity index (χ2v) is 15.2. The van der Waals surface area contributed by atoms with Crippen LogP contribution < -0.4 is 0 Å². The van der Waals surface area contributed by atoms with Crippen LogP contribution in [0.5, 0.6) is 0 Å². The zero-order chi connectivity index (χ0) is 20.0. The Balaban J connectivity index is 5.77. The van der Waals surface area contributed by atoms with Crippen molar-refractivity contribution in [3.8, 4) is 0 Å². The van der Waals surface area contributed by atoms with Crippen LogP contribution in [0.25, 0.3) is 0 Å². The minimum atomic E-state index is -3.53. The maximum atomic E-state index is 13.6. The van der Waals surface area contributed by atoms with Gasteiger partial charge in [-0.2, -0.15) is 0 Å². The SMILES string of the molecule is CCCCOP(=O)(OCCCC)OP(CCC)(CCC)(CCC)CCC. The van der Waals surface area contributed by atoms with Gasteiger partial charge in [0.25, 0.3) is 0 Å². The molecule has 0 unspecified atom stereocenters. The van der Waals surface area contributed by atoms with Gasteiger partial charge in [-0.15, -0.1) is 0 Å². The van der Waals surface area contributed by atoms with E-state index in [1.165, 1.54) is 0 Å². The molecule has 0 aromatic rings. The topological polar surface area (TPSA) is 44.8 Å². The summed E-state index contributed by atoms with van der Waals surface area (Å²) < 4.78 is 32.0. The summed E-state index contributed by atoms with van der Waals surface area (Å²) in [6, 6.07) is 0. The molecule has 0 aromatic carbocycles. The average molecular weight is 413 g/mol. The van der Waals surface area contributed by atoms with E-state index in [1.54, 1.807) is 0 Å². The quantitative estimate of drug-likeness (QED) is 0.170. The molecule has 0 N–H and O–H groups in total. The fourth-order valence-electron chi connectivity index (χ4n) is 4.11. The predicted octanol–water partition coefficient (Wildman–Crippen LogP) is 7.85. The zero-order valence-corrected chi connectivity index (χ0v) is 20.2. The third kappa shape index (κ3) is 8.70. The molecule has 0 atom stereocenters. The number of unbranched alkanes of at least 4 members (excludes halogenated alkanes) is 2. The molecule has 160 valence electrons. The molecule has 0 saturated carbocycles. The number of hydrogen-bond donors (Lipinski definition) is 0. The van der Waals surface area contributed by atoms with Gasteiger partial charge >= 0.3 is 163 Å². The van der Waals surface area contributed by atoms with E-state index in [1.807, 2.05) is 0 Å². The molecule has 0 fully saturated rings. The third-order valence-electron chi connectivity index (χ3n) is 4.98. The van der Waals surface area contributed by atoms with Crippen LogP contribution in [-0.2, 0) is 17.9 Å². The average Bonchev–Trinajstić information content (AvgIpc) is 2.56. The second-order valence-electron chi connectivity index (χ2n) is 7.65. The summed E-state index contributed by atoms with van der Waals surface area (Å²) in [6.45, 7) is 11.4. The van der Waals surface area contributed by atoms with Crippen molar-refractivity contribution in [2.24, 2.45) is 0 Å². The molecule has 0 spiro atoms. The standard InChI is InChI=1S/C20H46O4P2/c1-7-13-15-22-25(21,23-16-14-8-2)24-26(17-9-3,18-10-4,19-11-5)20-12-6/h7-20H2,1-6H3. The molecule has 0 heterocycles. The van der Waals surface area contributed by atoms with Gasteiger partial charge in [0, 0.05) is 0 Å². The summed E-state index contributed by atoms with van der Waals surface area (Å²) in [7, 11) is -3.53. The first-order valence-corrected chi connectivity index (χ1v) is 15.4. The van der Waals surface area contributed by atoms with Crippen molar-refractivity contribution in [3.05, 3.63) is 0 Å². The van der Waals surface area contributed by atoms with Crippen LogP contribution in [0.1, 0.15) is 92.9 Å². The Bertz CT molecular complexity index is 352. The first-order valence-electron chi connectivity index (χ1n) is 11.0. The number of phosphoric acid groups is 1. The fourth-order valence-corrected chi connectivity index (χ4v) is 14.7. The summed E-state index contributed by atoms with van der Waals surface area (Å²) in [4.78, 5) is 0. The van der Waals surface area contributed by atoms with E-state index in [9.17, 15) is 4.57 Å². The molecule has 4 nitrogen and oxygen atoms in total. The molecular weight excluding hydrogens is 366 g/mol. The van der Waals surface area contributed by atoms with Crippen molar-refractivity contribution in [2.75, 3.05) is 37.9 Å². The molecule has 26 heavy (non-hydrogen) atoms. The Morgan fingerprint density at radius 2 is 0.962 bits per heavy atom. The minimum absolute atomic E-state index is 0.447. The fraction of sp³-hybridized carbons (Fsp3) is 1.00. The van der Waals surface area contributed by atoms with Crippen LogP contribution in [-0.4, -0.2) is 37.9 Å². The van der Waals surface area contributed by atoms with E-state index < -0.39 is 14.7 Å². The van der Waals surface area contributed by atoms with Gasteiger partial charge in [-0.3, -0.25) is 0 Å². The van der Waals surface area contributed by atoms with Crippen LogP contribution in [0.2, 0.25) is 0 Å². The summed E-state index contributed by atoms with van der Waals surface area (Å²) >= 11 is 0. The molecule has 0 aromatic heterocycles. The Kier molecular flexibility index (Phi) is 14.0. The molecule has 0 saturated heterocycles. The molecule has 0 aliphatic heterocycles. The number of hydrogen-bond acceptors (Lipinski definition) is 4. The molecule has 0 aliphatic rings. The predicted molar refractivity (Wildman–Crippen MR) is 118 cm³/mol. The van der Waals surface area contributed by atoms with E-state index in [0.717, 1.165) is 76.0 Å². The van der Waals surface area contributed by atoms with Crippen LogP contribution in [0.4, 0.5) is 0 Å². The first-order chi connectivity index (χ1) is 12.4. The van der Waals surface area contributed by atoms with Crippen LogP contribution in [0.3, 0.4) is 0 Å². The van der Waals surface area contributed by atoms with Crippen LogP contribution in [0, 0.1) is 0 Å². The van der Waals surface area contributed by atoms with Crippen molar-refractivity contribution in [1.82, 2.24) is 0 Å². The van der Waals surface area contributed by atoms with Gasteiger partial charge in [0.15, 0.2) is 0 Å². The molecule has 0 amide bonds. The molecule has 6 heteroatoms. The second kappa shape index (κ2) is 13.7. The van der Waals surface area contributed by atoms with E-state index >= 15 is 0 Å². The zero-order valence-electron chi connectivity index (χ0n) is 18.4. The van der Waals surface area contributed by atoms with E-state index in [4.69, 9.17) is 13.4 Å². The van der Waals surface area contributed by atoms with E-state index in [2.05, 4.69) is 41.5 Å². The van der Waals surface area contributed by atoms with Crippen molar-refractivity contribution < 1.29 is 17.9 Å². The summed E-state index contributed by atoms with van der Waals surface area (Å²) in [5.74, 6) is 0. The van der Waals surface area contributed by atoms with Gasteiger partial charge in [-0.25, -0.2) is 0 Å². The monoisotopic (exact) mass is 412 g/mol. The molecule has 0 bridgehead atoms. The van der Waals surface area contributed by atoms with Gasteiger partial charge in [0.05, 0.1) is 0 Å². The van der Waals surface area contributed by atoms with Gasteiger partial charge in [0.2, 0.25) is 0 Å². The Labute approximate surface area is 163 Å². The number of phosphoric ester groups is 1. The molecule has 0 rings (SSSR count). The van der Waals surface area contributed by atoms with Crippen molar-refractivity contribution in [2.45, 2.75) is 92.9 Å². The maximum absolute atomic E-state index is 13.6. The first kappa shape index (κ1) is 26.5. The Morgan fingerprint density at radius 1 is 0.615 bits per heavy atom. The molecule has 0 radical (unpaired) electrons. The Hall–Kier alpha value is 0.540. The normalized spacial score (nSPS) is 14.3. The summed E-state index contributed by atoms with van der Waals surface area (Å²) in [5.41, 5.74) is 0. The van der Waals surface area contributed by atoms with Gasteiger partial charge in [-0.1, -0.05) is 0 Å². The van der Waals surface area contributed by atoms with Crippen LogP contribution >= 0.6 is 14.7 Å². The summed E-state index contributed by atoms with van der Waals surface area (Å²) in [5, 5.41) is 0. The van der Waals surface area contributed by atoms with E-state index in [-0.39, 0.29) is 0 Å². The number of rotatable bonds is 18. The van der Waals surface area contributed by atoms with E-state index in [0.29, 0.717) is 13.2 Å². The van der Waals surface area contributed by atoms with Crippen molar-refractivity contribution in [1.29, 1.82) is 0 Å². The molecule has 0 aliphatic carbocycles. The van der Waals surface area contributed by atoms with Crippen molar-refractivity contribution in [3.63, 3.8) is 0 Å². The van der Waals surface area contributed by atoms with Gasteiger partial charge in [0.1, 0.15) is 0 Å².